The predicted molar refractivity (Wildman–Crippen MR) is 140 cm³/mol. The van der Waals surface area contributed by atoms with Gasteiger partial charge in [0, 0.05) is 0 Å². The minimum atomic E-state index is -1.07. The summed E-state index contributed by atoms with van der Waals surface area (Å²) in [5.74, 6) is -0.280. The monoisotopic (exact) mass is 485 g/mol. The number of unbranched alkanes of at least 4 members (excludes halogenated alkanes) is 14. The Morgan fingerprint density at radius 1 is 0.706 bits per heavy atom. The second-order valence-electron chi connectivity index (χ2n) is 9.66. The highest BCUT2D eigenvalue weighted by Gasteiger charge is 2.22. The number of aliphatic hydroxyl groups is 1. The molecule has 0 aliphatic rings. The van der Waals surface area contributed by atoms with Crippen LogP contribution in [-0.2, 0) is 14.3 Å². The van der Waals surface area contributed by atoms with Gasteiger partial charge in [-0.05, 0) is 18.8 Å². The molecule has 0 radical (unpaired) electrons. The van der Waals surface area contributed by atoms with Crippen LogP contribution in [0.4, 0.5) is 4.79 Å². The lowest BCUT2D eigenvalue weighted by Gasteiger charge is -2.18. The highest BCUT2D eigenvalue weighted by molar-refractivity contribution is 5.81. The molecule has 0 aliphatic heterocycles. The molecular weight excluding hydrogens is 430 g/mol. The molecule has 1 amide bonds. The number of esters is 1. The molecule has 0 bridgehead atoms. The van der Waals surface area contributed by atoms with Gasteiger partial charge >= 0.3 is 12.1 Å². The lowest BCUT2D eigenvalue weighted by molar-refractivity contribution is -0.147. The lowest BCUT2D eigenvalue weighted by Crippen LogP contribution is -2.45. The summed E-state index contributed by atoms with van der Waals surface area (Å²) in [5, 5.41) is 11.9. The molecule has 2 N–H and O–H groups in total. The number of rotatable bonds is 24. The van der Waals surface area contributed by atoms with Gasteiger partial charge in [-0.2, -0.15) is 0 Å². The molecule has 0 heterocycles. The number of amides is 1. The Bertz CT molecular complexity index is 472. The van der Waals surface area contributed by atoms with Crippen LogP contribution >= 0.6 is 0 Å². The van der Waals surface area contributed by atoms with Gasteiger partial charge in [-0.1, -0.05) is 124 Å². The van der Waals surface area contributed by atoms with E-state index in [1.54, 1.807) is 0 Å². The second kappa shape index (κ2) is 24.8. The van der Waals surface area contributed by atoms with Crippen molar-refractivity contribution in [3.63, 3.8) is 0 Å². The van der Waals surface area contributed by atoms with Crippen molar-refractivity contribution >= 4 is 12.1 Å². The van der Waals surface area contributed by atoms with E-state index in [0.29, 0.717) is 19.1 Å². The van der Waals surface area contributed by atoms with Crippen molar-refractivity contribution in [3.8, 4) is 0 Å². The second-order valence-corrected chi connectivity index (χ2v) is 9.66. The Balaban J connectivity index is 3.69. The van der Waals surface area contributed by atoms with Crippen molar-refractivity contribution < 1.29 is 24.2 Å². The Labute approximate surface area is 209 Å². The van der Waals surface area contributed by atoms with E-state index < -0.39 is 24.7 Å². The predicted octanol–water partition coefficient (Wildman–Crippen LogP) is 7.31. The summed E-state index contributed by atoms with van der Waals surface area (Å²) in [6, 6.07) is -1.07. The van der Waals surface area contributed by atoms with Gasteiger partial charge in [0.25, 0.3) is 0 Å². The third-order valence-electron chi connectivity index (χ3n) is 6.49. The first kappa shape index (κ1) is 32.7. The minimum Gasteiger partial charge on any atom is -0.464 e. The summed E-state index contributed by atoms with van der Waals surface area (Å²) in [7, 11) is 0. The van der Waals surface area contributed by atoms with Crippen molar-refractivity contribution in [2.75, 3.05) is 19.8 Å². The number of nitrogens with one attached hydrogen (secondary N) is 1. The Hall–Kier alpha value is -1.30. The standard InChI is InChI=1S/C28H55NO5/c1-4-7-9-10-11-12-13-14-15-16-17-18-19-20-22-33-27(31)26(23-30)29-28(32)34-24-25(6-3)21-8-5-2/h25-26,30H,4-24H2,1-3H3,(H,29,32). The van der Waals surface area contributed by atoms with E-state index in [1.165, 1.54) is 70.6 Å². The molecule has 202 valence electrons. The fourth-order valence-electron chi connectivity index (χ4n) is 4.02. The molecule has 0 aromatic heterocycles. The van der Waals surface area contributed by atoms with Crippen molar-refractivity contribution in [1.29, 1.82) is 0 Å². The molecule has 0 aromatic carbocycles. The number of hydrogen-bond acceptors (Lipinski definition) is 5. The van der Waals surface area contributed by atoms with Crippen LogP contribution < -0.4 is 5.32 Å². The van der Waals surface area contributed by atoms with E-state index in [4.69, 9.17) is 9.47 Å². The average molecular weight is 486 g/mol. The molecule has 34 heavy (non-hydrogen) atoms. The molecule has 2 unspecified atom stereocenters. The van der Waals surface area contributed by atoms with Crippen molar-refractivity contribution in [2.24, 2.45) is 5.92 Å². The van der Waals surface area contributed by atoms with Gasteiger partial charge in [0.1, 0.15) is 0 Å². The summed E-state index contributed by atoms with van der Waals surface area (Å²) >= 11 is 0. The molecule has 0 aromatic rings. The van der Waals surface area contributed by atoms with Crippen LogP contribution in [0, 0.1) is 5.92 Å². The van der Waals surface area contributed by atoms with E-state index in [9.17, 15) is 14.7 Å². The number of aliphatic hydroxyl groups excluding tert-OH is 1. The largest absolute Gasteiger partial charge is 0.464 e. The number of ether oxygens (including phenoxy) is 2. The average Bonchev–Trinajstić information content (AvgIpc) is 2.84. The van der Waals surface area contributed by atoms with Crippen LogP contribution in [0.5, 0.6) is 0 Å². The zero-order valence-electron chi connectivity index (χ0n) is 22.6. The van der Waals surface area contributed by atoms with Gasteiger partial charge in [-0.25, -0.2) is 9.59 Å². The Kier molecular flexibility index (Phi) is 23.9. The van der Waals surface area contributed by atoms with Gasteiger partial charge < -0.3 is 19.9 Å². The first-order valence-electron chi connectivity index (χ1n) is 14.3. The molecule has 0 rings (SSSR count). The molecule has 0 saturated heterocycles. The zero-order valence-corrected chi connectivity index (χ0v) is 22.6. The topological polar surface area (TPSA) is 84.9 Å². The van der Waals surface area contributed by atoms with Gasteiger partial charge in [0.2, 0.25) is 0 Å². The minimum absolute atomic E-state index is 0.318. The molecule has 0 fully saturated rings. The van der Waals surface area contributed by atoms with Crippen LogP contribution in [0.2, 0.25) is 0 Å². The van der Waals surface area contributed by atoms with Crippen molar-refractivity contribution in [2.45, 2.75) is 142 Å². The molecule has 0 spiro atoms. The maximum absolute atomic E-state index is 12.1. The van der Waals surface area contributed by atoms with Crippen LogP contribution in [0.1, 0.15) is 136 Å². The van der Waals surface area contributed by atoms with Crippen molar-refractivity contribution in [3.05, 3.63) is 0 Å². The molecule has 2 atom stereocenters. The summed E-state index contributed by atoms with van der Waals surface area (Å²) in [4.78, 5) is 24.1. The van der Waals surface area contributed by atoms with Gasteiger partial charge in [-0.3, -0.25) is 0 Å². The Morgan fingerprint density at radius 3 is 1.68 bits per heavy atom. The number of carbonyl (C=O) groups is 2. The Morgan fingerprint density at radius 2 is 1.21 bits per heavy atom. The fourth-order valence-corrected chi connectivity index (χ4v) is 4.02. The summed E-state index contributed by atoms with van der Waals surface area (Å²) in [6.45, 7) is 6.62. The number of alkyl carbamates (subject to hydrolysis) is 1. The SMILES string of the molecule is CCCCCCCCCCCCCCCCOC(=O)C(CO)NC(=O)OCC(CC)CCCC. The quantitative estimate of drug-likeness (QED) is 0.111. The smallest absolute Gasteiger partial charge is 0.407 e. The van der Waals surface area contributed by atoms with Gasteiger partial charge in [0.05, 0.1) is 19.8 Å². The summed E-state index contributed by atoms with van der Waals surface area (Å²) in [5.41, 5.74) is 0. The first-order chi connectivity index (χ1) is 16.6. The molecule has 0 aliphatic carbocycles. The van der Waals surface area contributed by atoms with E-state index in [-0.39, 0.29) is 0 Å². The van der Waals surface area contributed by atoms with Crippen LogP contribution in [0.3, 0.4) is 0 Å². The molecule has 0 saturated carbocycles. The highest BCUT2D eigenvalue weighted by atomic mass is 16.6. The third kappa shape index (κ3) is 20.1. The highest BCUT2D eigenvalue weighted by Crippen LogP contribution is 2.14. The van der Waals surface area contributed by atoms with E-state index in [1.807, 2.05) is 0 Å². The van der Waals surface area contributed by atoms with Crippen LogP contribution in [-0.4, -0.2) is 43.0 Å². The molecule has 6 nitrogen and oxygen atoms in total. The van der Waals surface area contributed by atoms with Crippen molar-refractivity contribution in [1.82, 2.24) is 5.32 Å². The molecule has 6 heteroatoms. The maximum atomic E-state index is 12.1. The normalized spacial score (nSPS) is 12.8. The third-order valence-corrected chi connectivity index (χ3v) is 6.49. The number of hydrogen-bond donors (Lipinski definition) is 2. The van der Waals surface area contributed by atoms with E-state index in [2.05, 4.69) is 26.1 Å². The summed E-state index contributed by atoms with van der Waals surface area (Å²) in [6.07, 6.45) is 21.3. The van der Waals surface area contributed by atoms with E-state index >= 15 is 0 Å². The van der Waals surface area contributed by atoms with Gasteiger partial charge in [-0.15, -0.1) is 0 Å². The van der Waals surface area contributed by atoms with Crippen LogP contribution in [0.25, 0.3) is 0 Å². The summed E-state index contributed by atoms with van der Waals surface area (Å²) < 4.78 is 10.5. The number of carbonyl (C=O) groups excluding carboxylic acids is 2. The molecular formula is C28H55NO5. The van der Waals surface area contributed by atoms with Gasteiger partial charge in [0.15, 0.2) is 6.04 Å². The van der Waals surface area contributed by atoms with E-state index in [0.717, 1.165) is 44.9 Å². The van der Waals surface area contributed by atoms with Crippen LogP contribution in [0.15, 0.2) is 0 Å². The fraction of sp³-hybridized carbons (Fsp3) is 0.929. The zero-order chi connectivity index (χ0) is 25.3. The maximum Gasteiger partial charge on any atom is 0.407 e. The lowest BCUT2D eigenvalue weighted by atomic mass is 10.0. The first-order valence-corrected chi connectivity index (χ1v) is 14.3.